The third kappa shape index (κ3) is 3.30. The monoisotopic (exact) mass is 224 g/mol. The average Bonchev–Trinajstić information content (AvgIpc) is 2.74. The van der Waals surface area contributed by atoms with Crippen LogP contribution in [0.3, 0.4) is 0 Å². The largest absolute Gasteiger partial charge is 0.330 e. The molecule has 2 heterocycles. The van der Waals surface area contributed by atoms with E-state index in [4.69, 9.17) is 5.73 Å². The van der Waals surface area contributed by atoms with Gasteiger partial charge in [0, 0.05) is 6.54 Å². The lowest BCUT2D eigenvalue weighted by molar-refractivity contribution is 0.173. The van der Waals surface area contributed by atoms with E-state index in [1.165, 1.54) is 37.9 Å². The zero-order valence-electron chi connectivity index (χ0n) is 9.19. The molecule has 1 saturated heterocycles. The van der Waals surface area contributed by atoms with Gasteiger partial charge >= 0.3 is 0 Å². The molecule has 15 heavy (non-hydrogen) atoms. The molecule has 3 heteroatoms. The van der Waals surface area contributed by atoms with Gasteiger partial charge in [-0.05, 0) is 67.2 Å². The topological polar surface area (TPSA) is 29.3 Å². The molecule has 0 aromatic carbocycles. The maximum atomic E-state index is 5.59. The van der Waals surface area contributed by atoms with Gasteiger partial charge in [0.05, 0.1) is 0 Å². The smallest absolute Gasteiger partial charge is 0.0241 e. The van der Waals surface area contributed by atoms with Gasteiger partial charge in [-0.25, -0.2) is 0 Å². The van der Waals surface area contributed by atoms with Crippen LogP contribution >= 0.6 is 11.3 Å². The Labute approximate surface area is 96.1 Å². The molecule has 0 aliphatic carbocycles. The molecule has 0 atom stereocenters. The number of hydrogen-bond donors (Lipinski definition) is 1. The third-order valence-corrected chi connectivity index (χ3v) is 4.00. The van der Waals surface area contributed by atoms with Crippen molar-refractivity contribution in [3.63, 3.8) is 0 Å². The van der Waals surface area contributed by atoms with Crippen molar-refractivity contribution < 1.29 is 0 Å². The van der Waals surface area contributed by atoms with E-state index in [2.05, 4.69) is 21.7 Å². The maximum absolute atomic E-state index is 5.59. The van der Waals surface area contributed by atoms with Crippen LogP contribution in [-0.4, -0.2) is 24.5 Å². The minimum Gasteiger partial charge on any atom is -0.330 e. The second-order valence-electron chi connectivity index (χ2n) is 4.43. The number of nitrogens with two attached hydrogens (primary N) is 1. The van der Waals surface area contributed by atoms with Crippen molar-refractivity contribution in [2.45, 2.75) is 25.8 Å². The Morgan fingerprint density at radius 3 is 2.80 bits per heavy atom. The minimum absolute atomic E-state index is 0.856. The van der Waals surface area contributed by atoms with Gasteiger partial charge in [0.15, 0.2) is 0 Å². The van der Waals surface area contributed by atoms with E-state index < -0.39 is 0 Å². The zero-order chi connectivity index (χ0) is 10.5. The first-order valence-electron chi connectivity index (χ1n) is 5.82. The number of thiophene rings is 1. The molecule has 2 N–H and O–H groups in total. The highest BCUT2D eigenvalue weighted by Crippen LogP contribution is 2.21. The van der Waals surface area contributed by atoms with Crippen molar-refractivity contribution in [1.29, 1.82) is 0 Å². The average molecular weight is 224 g/mol. The summed E-state index contributed by atoms with van der Waals surface area (Å²) < 4.78 is 0. The fourth-order valence-corrected chi connectivity index (χ4v) is 2.97. The van der Waals surface area contributed by atoms with E-state index in [-0.39, 0.29) is 0 Å². The van der Waals surface area contributed by atoms with Gasteiger partial charge in [0.2, 0.25) is 0 Å². The molecule has 2 rings (SSSR count). The summed E-state index contributed by atoms with van der Waals surface area (Å²) in [5.41, 5.74) is 7.06. The predicted molar refractivity (Wildman–Crippen MR) is 66.0 cm³/mol. The summed E-state index contributed by atoms with van der Waals surface area (Å²) in [5, 5.41) is 4.42. The minimum atomic E-state index is 0.856. The first kappa shape index (κ1) is 11.1. The number of hydrogen-bond acceptors (Lipinski definition) is 3. The molecule has 1 fully saturated rings. The number of piperidine rings is 1. The van der Waals surface area contributed by atoms with Crippen LogP contribution in [0.25, 0.3) is 0 Å². The summed E-state index contributed by atoms with van der Waals surface area (Å²) in [6, 6.07) is 2.23. The van der Waals surface area contributed by atoms with Gasteiger partial charge in [-0.2, -0.15) is 11.3 Å². The van der Waals surface area contributed by atoms with E-state index in [1.807, 2.05) is 0 Å². The molecule has 0 bridgehead atoms. The molecule has 0 saturated carbocycles. The van der Waals surface area contributed by atoms with Crippen LogP contribution in [0.4, 0.5) is 0 Å². The summed E-state index contributed by atoms with van der Waals surface area (Å²) in [6.07, 6.45) is 3.88. The Morgan fingerprint density at radius 2 is 2.20 bits per heavy atom. The molecule has 1 aliphatic heterocycles. The Balaban J connectivity index is 1.74. The molecule has 1 aliphatic rings. The SMILES string of the molecule is NCCC1CCN(Cc2ccsc2)CC1. The molecule has 1 aromatic heterocycles. The van der Waals surface area contributed by atoms with Crippen LogP contribution in [0.2, 0.25) is 0 Å². The van der Waals surface area contributed by atoms with Crippen LogP contribution < -0.4 is 5.73 Å². The highest BCUT2D eigenvalue weighted by Gasteiger charge is 2.18. The third-order valence-electron chi connectivity index (χ3n) is 3.27. The maximum Gasteiger partial charge on any atom is 0.0241 e. The number of rotatable bonds is 4. The summed E-state index contributed by atoms with van der Waals surface area (Å²) in [7, 11) is 0. The Bertz CT molecular complexity index is 263. The predicted octanol–water partition coefficient (Wildman–Crippen LogP) is 2.31. The molecular formula is C12H20N2S. The number of likely N-dealkylation sites (tertiary alicyclic amines) is 1. The Kier molecular flexibility index (Phi) is 4.18. The van der Waals surface area contributed by atoms with E-state index in [1.54, 1.807) is 11.3 Å². The van der Waals surface area contributed by atoms with Gasteiger partial charge in [0.1, 0.15) is 0 Å². The fourth-order valence-electron chi connectivity index (χ4n) is 2.31. The van der Waals surface area contributed by atoms with E-state index in [0.717, 1.165) is 19.0 Å². The normalized spacial score (nSPS) is 19.5. The van der Waals surface area contributed by atoms with Crippen LogP contribution in [0.15, 0.2) is 16.8 Å². The van der Waals surface area contributed by atoms with Gasteiger partial charge < -0.3 is 5.73 Å². The van der Waals surface area contributed by atoms with E-state index in [0.29, 0.717) is 0 Å². The second kappa shape index (κ2) is 5.64. The van der Waals surface area contributed by atoms with Crippen LogP contribution in [0.5, 0.6) is 0 Å². The van der Waals surface area contributed by atoms with Crippen molar-refractivity contribution in [3.8, 4) is 0 Å². The summed E-state index contributed by atoms with van der Waals surface area (Å²) in [4.78, 5) is 2.56. The van der Waals surface area contributed by atoms with Gasteiger partial charge in [0.25, 0.3) is 0 Å². The van der Waals surface area contributed by atoms with Crippen LogP contribution in [0, 0.1) is 5.92 Å². The van der Waals surface area contributed by atoms with Crippen LogP contribution in [-0.2, 0) is 6.54 Å². The molecule has 2 nitrogen and oxygen atoms in total. The molecule has 1 aromatic rings. The lowest BCUT2D eigenvalue weighted by atomic mass is 9.93. The molecule has 0 amide bonds. The highest BCUT2D eigenvalue weighted by molar-refractivity contribution is 7.07. The lowest BCUT2D eigenvalue weighted by Crippen LogP contribution is -2.33. The summed E-state index contributed by atoms with van der Waals surface area (Å²) in [5.74, 6) is 0.883. The van der Waals surface area contributed by atoms with Gasteiger partial charge in [-0.1, -0.05) is 0 Å². The van der Waals surface area contributed by atoms with Crippen molar-refractivity contribution in [2.75, 3.05) is 19.6 Å². The van der Waals surface area contributed by atoms with Crippen molar-refractivity contribution in [1.82, 2.24) is 4.90 Å². The highest BCUT2D eigenvalue weighted by atomic mass is 32.1. The zero-order valence-corrected chi connectivity index (χ0v) is 10.0. The second-order valence-corrected chi connectivity index (χ2v) is 5.21. The lowest BCUT2D eigenvalue weighted by Gasteiger charge is -2.31. The Morgan fingerprint density at radius 1 is 1.40 bits per heavy atom. The van der Waals surface area contributed by atoms with Crippen molar-refractivity contribution >= 4 is 11.3 Å². The van der Waals surface area contributed by atoms with E-state index in [9.17, 15) is 0 Å². The summed E-state index contributed by atoms with van der Waals surface area (Å²) in [6.45, 7) is 4.50. The number of nitrogens with zero attached hydrogens (tertiary/aromatic N) is 1. The first-order chi connectivity index (χ1) is 7.38. The van der Waals surface area contributed by atoms with Gasteiger partial charge in [-0.3, -0.25) is 4.90 Å². The summed E-state index contributed by atoms with van der Waals surface area (Å²) >= 11 is 1.79. The standard InChI is InChI=1S/C12H20N2S/c13-5-1-11-2-6-14(7-3-11)9-12-4-8-15-10-12/h4,8,10-11H,1-3,5-7,9,13H2. The fraction of sp³-hybridized carbons (Fsp3) is 0.667. The van der Waals surface area contributed by atoms with Crippen LogP contribution in [0.1, 0.15) is 24.8 Å². The van der Waals surface area contributed by atoms with Crippen molar-refractivity contribution in [3.05, 3.63) is 22.4 Å². The first-order valence-corrected chi connectivity index (χ1v) is 6.76. The molecule has 0 spiro atoms. The Hall–Kier alpha value is -0.380. The van der Waals surface area contributed by atoms with Crippen molar-refractivity contribution in [2.24, 2.45) is 11.7 Å². The van der Waals surface area contributed by atoms with Gasteiger partial charge in [-0.15, -0.1) is 0 Å². The van der Waals surface area contributed by atoms with E-state index >= 15 is 0 Å². The quantitative estimate of drug-likeness (QED) is 0.850. The molecule has 0 unspecified atom stereocenters. The molecule has 84 valence electrons. The molecular weight excluding hydrogens is 204 g/mol. The molecule has 0 radical (unpaired) electrons.